The van der Waals surface area contributed by atoms with Gasteiger partial charge >= 0.3 is 5.97 Å². The summed E-state index contributed by atoms with van der Waals surface area (Å²) in [4.78, 5) is 10.7. The molecule has 0 aliphatic rings. The fourth-order valence-electron chi connectivity index (χ4n) is 2.19. The smallest absolute Gasteiger partial charge is 0.313 e. The fourth-order valence-corrected chi connectivity index (χ4v) is 3.12. The highest BCUT2D eigenvalue weighted by Gasteiger charge is 2.12. The number of hydrogen-bond donors (Lipinski definition) is 1. The molecule has 0 fully saturated rings. The number of benzene rings is 2. The summed E-state index contributed by atoms with van der Waals surface area (Å²) in [6.07, 6.45) is 0.858. The van der Waals surface area contributed by atoms with Gasteiger partial charge in [0.2, 0.25) is 0 Å². The van der Waals surface area contributed by atoms with Crippen LogP contribution in [0.15, 0.2) is 48.5 Å². The zero-order valence-corrected chi connectivity index (χ0v) is 12.6. The average Bonchev–Trinajstić information content (AvgIpc) is 2.49. The van der Waals surface area contributed by atoms with Crippen molar-refractivity contribution in [3.8, 4) is 11.1 Å². The molecule has 1 N–H and O–H groups in total. The second-order valence-electron chi connectivity index (χ2n) is 4.70. The molecular formula is C17H17FO2S. The van der Waals surface area contributed by atoms with E-state index >= 15 is 0 Å². The molecule has 4 heteroatoms. The van der Waals surface area contributed by atoms with Gasteiger partial charge in [0.15, 0.2) is 0 Å². The Kier molecular flexibility index (Phi) is 5.39. The van der Waals surface area contributed by atoms with Crippen molar-refractivity contribution in [2.45, 2.75) is 18.6 Å². The van der Waals surface area contributed by atoms with Crippen LogP contribution in [0.1, 0.15) is 24.2 Å². The second kappa shape index (κ2) is 7.27. The van der Waals surface area contributed by atoms with Crippen molar-refractivity contribution >= 4 is 17.7 Å². The molecular weight excluding hydrogens is 287 g/mol. The average molecular weight is 304 g/mol. The monoisotopic (exact) mass is 304 g/mol. The minimum Gasteiger partial charge on any atom is -0.481 e. The van der Waals surface area contributed by atoms with Crippen LogP contribution in [0.25, 0.3) is 11.1 Å². The van der Waals surface area contributed by atoms with E-state index in [4.69, 9.17) is 5.11 Å². The van der Waals surface area contributed by atoms with E-state index in [2.05, 4.69) is 0 Å². The van der Waals surface area contributed by atoms with Crippen LogP contribution >= 0.6 is 11.8 Å². The predicted octanol–water partition coefficient (Wildman–Crippen LogP) is 4.76. The Morgan fingerprint density at radius 1 is 1.19 bits per heavy atom. The van der Waals surface area contributed by atoms with Gasteiger partial charge in [0.1, 0.15) is 5.82 Å². The van der Waals surface area contributed by atoms with Crippen LogP contribution in [0, 0.1) is 5.82 Å². The lowest BCUT2D eigenvalue weighted by Crippen LogP contribution is -2.02. The molecule has 0 aliphatic heterocycles. The molecule has 1 atom stereocenters. The Bertz CT molecular complexity index is 610. The molecule has 2 rings (SSSR count). The Hall–Kier alpha value is -1.81. The van der Waals surface area contributed by atoms with Crippen LogP contribution in [-0.2, 0) is 4.79 Å². The van der Waals surface area contributed by atoms with E-state index in [1.807, 2.05) is 37.3 Å². The van der Waals surface area contributed by atoms with Gasteiger partial charge in [-0.2, -0.15) is 0 Å². The lowest BCUT2D eigenvalue weighted by atomic mass is 10.0. The maximum absolute atomic E-state index is 13.7. The van der Waals surface area contributed by atoms with E-state index in [9.17, 15) is 9.18 Å². The number of thioether (sulfide) groups is 1. The Morgan fingerprint density at radius 2 is 1.86 bits per heavy atom. The zero-order chi connectivity index (χ0) is 15.2. The molecule has 0 spiro atoms. The minimum atomic E-state index is -0.804. The molecule has 0 heterocycles. The lowest BCUT2D eigenvalue weighted by Gasteiger charge is -2.14. The summed E-state index contributed by atoms with van der Waals surface area (Å²) in [5.41, 5.74) is 2.48. The molecule has 0 amide bonds. The molecule has 0 radical (unpaired) electrons. The third-order valence-corrected chi connectivity index (χ3v) is 4.67. The van der Waals surface area contributed by atoms with Crippen molar-refractivity contribution < 1.29 is 14.3 Å². The zero-order valence-electron chi connectivity index (χ0n) is 11.8. The van der Waals surface area contributed by atoms with E-state index < -0.39 is 5.97 Å². The van der Waals surface area contributed by atoms with E-state index in [1.165, 1.54) is 17.8 Å². The molecule has 21 heavy (non-hydrogen) atoms. The summed E-state index contributed by atoms with van der Waals surface area (Å²) in [7, 11) is 0. The Labute approximate surface area is 128 Å². The van der Waals surface area contributed by atoms with Crippen molar-refractivity contribution in [1.29, 1.82) is 0 Å². The standard InChI is InChI=1S/C17H17FO2S/c1-2-16(21-11-17(19)20)13-9-7-12(8-10-13)14-5-3-4-6-15(14)18/h3-10,16H,2,11H2,1H3,(H,19,20). The molecule has 0 aromatic heterocycles. The molecule has 0 saturated heterocycles. The first-order valence-corrected chi connectivity index (χ1v) is 7.85. The van der Waals surface area contributed by atoms with Gasteiger partial charge in [0, 0.05) is 10.8 Å². The molecule has 1 unspecified atom stereocenters. The van der Waals surface area contributed by atoms with Gasteiger partial charge in [-0.15, -0.1) is 11.8 Å². The lowest BCUT2D eigenvalue weighted by molar-refractivity contribution is -0.133. The molecule has 0 bridgehead atoms. The molecule has 110 valence electrons. The highest BCUT2D eigenvalue weighted by Crippen LogP contribution is 2.33. The van der Waals surface area contributed by atoms with Crippen LogP contribution in [0.2, 0.25) is 0 Å². The van der Waals surface area contributed by atoms with Crippen molar-refractivity contribution in [3.63, 3.8) is 0 Å². The molecule has 2 aromatic carbocycles. The van der Waals surface area contributed by atoms with E-state index in [1.54, 1.807) is 12.1 Å². The van der Waals surface area contributed by atoms with Crippen LogP contribution in [-0.4, -0.2) is 16.8 Å². The van der Waals surface area contributed by atoms with Crippen LogP contribution < -0.4 is 0 Å². The van der Waals surface area contributed by atoms with Gasteiger partial charge < -0.3 is 5.11 Å². The molecule has 2 aromatic rings. The number of halogens is 1. The normalized spacial score (nSPS) is 12.1. The Morgan fingerprint density at radius 3 is 2.43 bits per heavy atom. The van der Waals surface area contributed by atoms with Crippen molar-refractivity contribution in [3.05, 3.63) is 59.9 Å². The summed E-state index contributed by atoms with van der Waals surface area (Å²) in [5.74, 6) is -0.952. The highest BCUT2D eigenvalue weighted by atomic mass is 32.2. The first-order chi connectivity index (χ1) is 10.1. The molecule has 2 nitrogen and oxygen atoms in total. The van der Waals surface area contributed by atoms with Crippen LogP contribution in [0.4, 0.5) is 4.39 Å². The second-order valence-corrected chi connectivity index (χ2v) is 5.89. The minimum absolute atomic E-state index is 0.0908. The summed E-state index contributed by atoms with van der Waals surface area (Å²) in [6, 6.07) is 14.3. The summed E-state index contributed by atoms with van der Waals surface area (Å²) in [6.45, 7) is 2.03. The van der Waals surface area contributed by atoms with Gasteiger partial charge in [-0.25, -0.2) is 4.39 Å². The first-order valence-electron chi connectivity index (χ1n) is 6.80. The van der Waals surface area contributed by atoms with Gasteiger partial charge in [0.05, 0.1) is 5.75 Å². The third kappa shape index (κ3) is 4.08. The topological polar surface area (TPSA) is 37.3 Å². The van der Waals surface area contributed by atoms with Gasteiger partial charge in [-0.05, 0) is 23.6 Å². The number of hydrogen-bond acceptors (Lipinski definition) is 2. The summed E-state index contributed by atoms with van der Waals surface area (Å²) in [5, 5.41) is 8.91. The Balaban J connectivity index is 2.18. The van der Waals surface area contributed by atoms with Crippen LogP contribution in [0.5, 0.6) is 0 Å². The number of rotatable bonds is 6. The highest BCUT2D eigenvalue weighted by molar-refractivity contribution is 8.00. The predicted molar refractivity (Wildman–Crippen MR) is 85.0 cm³/mol. The number of carbonyl (C=O) groups is 1. The first kappa shape index (κ1) is 15.6. The van der Waals surface area contributed by atoms with E-state index in [0.29, 0.717) is 5.56 Å². The van der Waals surface area contributed by atoms with Crippen molar-refractivity contribution in [2.24, 2.45) is 0 Å². The molecule has 0 aliphatic carbocycles. The van der Waals surface area contributed by atoms with Gasteiger partial charge in [-0.3, -0.25) is 4.79 Å². The quantitative estimate of drug-likeness (QED) is 0.836. The SMILES string of the molecule is CCC(SCC(=O)O)c1ccc(-c2ccccc2F)cc1. The van der Waals surface area contributed by atoms with Crippen molar-refractivity contribution in [2.75, 3.05) is 5.75 Å². The van der Waals surface area contributed by atoms with E-state index in [0.717, 1.165) is 17.5 Å². The summed E-state index contributed by atoms with van der Waals surface area (Å²) >= 11 is 1.41. The third-order valence-electron chi connectivity index (χ3n) is 3.25. The largest absolute Gasteiger partial charge is 0.481 e. The van der Waals surface area contributed by atoms with Crippen LogP contribution in [0.3, 0.4) is 0 Å². The maximum Gasteiger partial charge on any atom is 0.313 e. The van der Waals surface area contributed by atoms with Crippen molar-refractivity contribution in [1.82, 2.24) is 0 Å². The van der Waals surface area contributed by atoms with Gasteiger partial charge in [0.25, 0.3) is 0 Å². The number of carboxylic acid groups (broad SMARTS) is 1. The number of aliphatic carboxylic acids is 1. The molecule has 0 saturated carbocycles. The number of carboxylic acids is 1. The fraction of sp³-hybridized carbons (Fsp3) is 0.235. The summed E-state index contributed by atoms with van der Waals surface area (Å²) < 4.78 is 13.7. The van der Waals surface area contributed by atoms with Gasteiger partial charge in [-0.1, -0.05) is 49.4 Å². The van der Waals surface area contributed by atoms with E-state index in [-0.39, 0.29) is 16.8 Å². The maximum atomic E-state index is 13.7.